The summed E-state index contributed by atoms with van der Waals surface area (Å²) in [4.78, 5) is 1.14. The molecule has 0 aromatic carbocycles. The van der Waals surface area contributed by atoms with Gasteiger partial charge in [-0.05, 0) is 42.0 Å². The molecule has 0 radical (unpaired) electrons. The Kier molecular flexibility index (Phi) is 3.47. The third kappa shape index (κ3) is 2.43. The minimum absolute atomic E-state index is 0.222. The van der Waals surface area contributed by atoms with Gasteiger partial charge in [0.25, 0.3) is 0 Å². The minimum atomic E-state index is -0.222. The molecule has 2 heteroatoms. The topological polar surface area (TPSA) is 20.2 Å². The predicted molar refractivity (Wildman–Crippen MR) is 64.9 cm³/mol. The van der Waals surface area contributed by atoms with Gasteiger partial charge in [-0.15, -0.1) is 11.3 Å². The second-order valence-corrected chi connectivity index (χ2v) is 5.97. The van der Waals surface area contributed by atoms with Gasteiger partial charge in [0.2, 0.25) is 0 Å². The molecule has 1 aromatic heterocycles. The van der Waals surface area contributed by atoms with Crippen LogP contribution < -0.4 is 0 Å². The molecule has 0 aliphatic heterocycles. The zero-order valence-electron chi connectivity index (χ0n) is 9.52. The maximum atomic E-state index is 10.2. The summed E-state index contributed by atoms with van der Waals surface area (Å²) in [6, 6.07) is 4.08. The molecule has 84 valence electrons. The molecule has 0 saturated heterocycles. The highest BCUT2D eigenvalue weighted by atomic mass is 32.1. The Morgan fingerprint density at radius 1 is 1.33 bits per heavy atom. The van der Waals surface area contributed by atoms with Crippen molar-refractivity contribution in [2.45, 2.75) is 39.2 Å². The third-order valence-electron chi connectivity index (χ3n) is 3.92. The van der Waals surface area contributed by atoms with Gasteiger partial charge in [0.05, 0.1) is 6.10 Å². The van der Waals surface area contributed by atoms with Crippen LogP contribution in [0.2, 0.25) is 0 Å². The molecule has 1 aliphatic carbocycles. The Balaban J connectivity index is 2.00. The van der Waals surface area contributed by atoms with Gasteiger partial charge in [-0.3, -0.25) is 0 Å². The van der Waals surface area contributed by atoms with Crippen LogP contribution >= 0.6 is 11.3 Å². The molecule has 1 heterocycles. The molecular weight excluding hydrogens is 204 g/mol. The molecule has 1 fully saturated rings. The molecule has 1 aromatic rings. The van der Waals surface area contributed by atoms with Crippen molar-refractivity contribution in [3.63, 3.8) is 0 Å². The lowest BCUT2D eigenvalue weighted by Gasteiger charge is -2.34. The number of rotatable bonds is 2. The fourth-order valence-corrected chi connectivity index (χ4v) is 3.37. The van der Waals surface area contributed by atoms with E-state index in [9.17, 15) is 5.11 Å². The van der Waals surface area contributed by atoms with E-state index in [1.54, 1.807) is 11.3 Å². The molecule has 0 spiro atoms. The zero-order chi connectivity index (χ0) is 10.8. The number of hydrogen-bond donors (Lipinski definition) is 1. The summed E-state index contributed by atoms with van der Waals surface area (Å²) in [6.45, 7) is 4.65. The van der Waals surface area contributed by atoms with Gasteiger partial charge in [-0.25, -0.2) is 0 Å². The second kappa shape index (κ2) is 4.67. The molecule has 0 amide bonds. The van der Waals surface area contributed by atoms with Gasteiger partial charge < -0.3 is 5.11 Å². The Morgan fingerprint density at radius 2 is 2.13 bits per heavy atom. The maximum absolute atomic E-state index is 10.2. The standard InChI is InChI=1S/C13H20OS/c1-9-5-6-11(8-10(9)2)13(14)12-4-3-7-15-12/h3-4,7,9-11,13-14H,5-6,8H2,1-2H3. The van der Waals surface area contributed by atoms with Crippen LogP contribution in [-0.4, -0.2) is 5.11 Å². The Hall–Kier alpha value is -0.340. The van der Waals surface area contributed by atoms with Crippen LogP contribution in [0.3, 0.4) is 0 Å². The summed E-state index contributed by atoms with van der Waals surface area (Å²) < 4.78 is 0. The van der Waals surface area contributed by atoms with E-state index in [-0.39, 0.29) is 6.10 Å². The van der Waals surface area contributed by atoms with Crippen LogP contribution in [0, 0.1) is 17.8 Å². The van der Waals surface area contributed by atoms with Crippen molar-refractivity contribution in [2.24, 2.45) is 17.8 Å². The van der Waals surface area contributed by atoms with Crippen molar-refractivity contribution in [3.05, 3.63) is 22.4 Å². The van der Waals surface area contributed by atoms with Crippen LogP contribution in [-0.2, 0) is 0 Å². The molecule has 0 bridgehead atoms. The van der Waals surface area contributed by atoms with E-state index in [1.165, 1.54) is 19.3 Å². The molecule has 1 N–H and O–H groups in total. The molecule has 1 nitrogen and oxygen atoms in total. The summed E-state index contributed by atoms with van der Waals surface area (Å²) in [5, 5.41) is 12.3. The van der Waals surface area contributed by atoms with Crippen LogP contribution in [0.15, 0.2) is 17.5 Å². The van der Waals surface area contributed by atoms with Gasteiger partial charge in [0.15, 0.2) is 0 Å². The first-order valence-corrected chi connectivity index (χ1v) is 6.78. The Labute approximate surface area is 96.1 Å². The van der Waals surface area contributed by atoms with Crippen LogP contribution in [0.5, 0.6) is 0 Å². The van der Waals surface area contributed by atoms with Crippen LogP contribution in [0.4, 0.5) is 0 Å². The maximum Gasteiger partial charge on any atom is 0.0910 e. The van der Waals surface area contributed by atoms with Gasteiger partial charge in [0, 0.05) is 4.88 Å². The molecule has 15 heavy (non-hydrogen) atoms. The highest BCUT2D eigenvalue weighted by Gasteiger charge is 2.30. The molecule has 2 rings (SSSR count). The molecule has 1 saturated carbocycles. The van der Waals surface area contributed by atoms with Crippen molar-refractivity contribution in [1.29, 1.82) is 0 Å². The highest BCUT2D eigenvalue weighted by Crippen LogP contribution is 2.40. The first kappa shape index (κ1) is 11.2. The van der Waals surface area contributed by atoms with Crippen molar-refractivity contribution < 1.29 is 5.11 Å². The van der Waals surface area contributed by atoms with Crippen molar-refractivity contribution in [3.8, 4) is 0 Å². The minimum Gasteiger partial charge on any atom is -0.387 e. The predicted octanol–water partition coefficient (Wildman–Crippen LogP) is 3.85. The summed E-state index contributed by atoms with van der Waals surface area (Å²) in [5.41, 5.74) is 0. The van der Waals surface area contributed by atoms with E-state index in [4.69, 9.17) is 0 Å². The first-order chi connectivity index (χ1) is 7.18. The largest absolute Gasteiger partial charge is 0.387 e. The Morgan fingerprint density at radius 3 is 2.73 bits per heavy atom. The number of hydrogen-bond acceptors (Lipinski definition) is 2. The van der Waals surface area contributed by atoms with Crippen LogP contribution in [0.1, 0.15) is 44.1 Å². The van der Waals surface area contributed by atoms with Crippen molar-refractivity contribution >= 4 is 11.3 Å². The second-order valence-electron chi connectivity index (χ2n) is 4.99. The molecular formula is C13H20OS. The normalized spacial score (nSPS) is 33.9. The monoisotopic (exact) mass is 224 g/mol. The number of thiophene rings is 1. The van der Waals surface area contributed by atoms with E-state index in [0.29, 0.717) is 5.92 Å². The number of aliphatic hydroxyl groups is 1. The third-order valence-corrected chi connectivity index (χ3v) is 4.86. The average molecular weight is 224 g/mol. The highest BCUT2D eigenvalue weighted by molar-refractivity contribution is 7.10. The fourth-order valence-electron chi connectivity index (χ4n) is 2.57. The zero-order valence-corrected chi connectivity index (χ0v) is 10.3. The lowest BCUT2D eigenvalue weighted by atomic mass is 9.74. The van der Waals surface area contributed by atoms with Crippen LogP contribution in [0.25, 0.3) is 0 Å². The summed E-state index contributed by atoms with van der Waals surface area (Å²) in [6.07, 6.45) is 3.42. The van der Waals surface area contributed by atoms with Crippen molar-refractivity contribution in [2.75, 3.05) is 0 Å². The quantitative estimate of drug-likeness (QED) is 0.809. The van der Waals surface area contributed by atoms with Gasteiger partial charge in [-0.2, -0.15) is 0 Å². The molecule has 1 aliphatic rings. The van der Waals surface area contributed by atoms with Crippen molar-refractivity contribution in [1.82, 2.24) is 0 Å². The smallest absolute Gasteiger partial charge is 0.0910 e. The van der Waals surface area contributed by atoms with E-state index >= 15 is 0 Å². The molecule has 4 unspecified atom stereocenters. The van der Waals surface area contributed by atoms with E-state index in [0.717, 1.165) is 16.7 Å². The summed E-state index contributed by atoms with van der Waals surface area (Å²) >= 11 is 1.68. The lowest BCUT2D eigenvalue weighted by molar-refractivity contribution is 0.0586. The lowest BCUT2D eigenvalue weighted by Crippen LogP contribution is -2.24. The van der Waals surface area contributed by atoms with E-state index in [2.05, 4.69) is 19.9 Å². The van der Waals surface area contributed by atoms with E-state index in [1.807, 2.05) is 11.4 Å². The SMILES string of the molecule is CC1CCC(C(O)c2cccs2)CC1C. The summed E-state index contributed by atoms with van der Waals surface area (Å²) in [7, 11) is 0. The average Bonchev–Trinajstić information content (AvgIpc) is 2.74. The summed E-state index contributed by atoms with van der Waals surface area (Å²) in [5.74, 6) is 2.07. The molecule has 4 atom stereocenters. The Bertz CT molecular complexity index is 293. The fraction of sp³-hybridized carbons (Fsp3) is 0.692. The van der Waals surface area contributed by atoms with Gasteiger partial charge >= 0.3 is 0 Å². The van der Waals surface area contributed by atoms with Gasteiger partial charge in [-0.1, -0.05) is 26.3 Å². The number of aliphatic hydroxyl groups excluding tert-OH is 1. The first-order valence-electron chi connectivity index (χ1n) is 5.90. The van der Waals surface area contributed by atoms with Gasteiger partial charge in [0.1, 0.15) is 0 Å². The van der Waals surface area contributed by atoms with E-state index < -0.39 is 0 Å².